The van der Waals surface area contributed by atoms with Gasteiger partial charge in [0.15, 0.2) is 21.3 Å². The molecule has 1 heterocycles. The number of sulfone groups is 1. The van der Waals surface area contributed by atoms with Gasteiger partial charge >= 0.3 is 0 Å². The molecule has 7 heteroatoms. The molecule has 1 saturated carbocycles. The highest BCUT2D eigenvalue weighted by molar-refractivity contribution is 7.92. The van der Waals surface area contributed by atoms with Crippen LogP contribution in [0.3, 0.4) is 0 Å². The van der Waals surface area contributed by atoms with Crippen molar-refractivity contribution in [1.82, 2.24) is 0 Å². The minimum atomic E-state index is -2.95. The highest BCUT2D eigenvalue weighted by Crippen LogP contribution is 2.46. The summed E-state index contributed by atoms with van der Waals surface area (Å²) in [7, 11) is -1.42. The van der Waals surface area contributed by atoms with Crippen LogP contribution >= 0.6 is 0 Å². The van der Waals surface area contributed by atoms with Crippen molar-refractivity contribution < 1.29 is 22.7 Å². The van der Waals surface area contributed by atoms with Crippen LogP contribution in [0.25, 0.3) is 0 Å². The van der Waals surface area contributed by atoms with E-state index in [1.165, 1.54) is 7.11 Å². The van der Waals surface area contributed by atoms with Gasteiger partial charge in [-0.15, -0.1) is 0 Å². The summed E-state index contributed by atoms with van der Waals surface area (Å²) in [6.45, 7) is 0. The van der Waals surface area contributed by atoms with Gasteiger partial charge in [-0.3, -0.25) is 0 Å². The molecule has 6 nitrogen and oxygen atoms in total. The first-order valence-electron chi connectivity index (χ1n) is 7.13. The number of carbonyl (C=O) groups excluding carboxylic acids is 1. The van der Waals surface area contributed by atoms with Gasteiger partial charge < -0.3 is 9.47 Å². The van der Waals surface area contributed by atoms with E-state index < -0.39 is 15.4 Å². The number of aliphatic imine (C=N–C) groups is 1. The van der Waals surface area contributed by atoms with Gasteiger partial charge in [-0.2, -0.15) is 4.99 Å². The Morgan fingerprint density at radius 1 is 1.27 bits per heavy atom. The number of nitrogens with zero attached hydrogens (tertiary/aromatic N) is 1. The summed E-state index contributed by atoms with van der Waals surface area (Å²) in [4.78, 5) is 14.7. The lowest BCUT2D eigenvalue weighted by atomic mass is 9.72. The topological polar surface area (TPSA) is 82.0 Å². The highest BCUT2D eigenvalue weighted by Gasteiger charge is 2.40. The lowest BCUT2D eigenvalue weighted by molar-refractivity contribution is 0.216. The molecule has 118 valence electrons. The lowest BCUT2D eigenvalue weighted by Crippen LogP contribution is -2.45. The first kappa shape index (κ1) is 15.1. The van der Waals surface area contributed by atoms with Gasteiger partial charge in [0.05, 0.1) is 24.2 Å². The quantitative estimate of drug-likeness (QED) is 0.607. The summed E-state index contributed by atoms with van der Waals surface area (Å²) >= 11 is 0. The van der Waals surface area contributed by atoms with Gasteiger partial charge in [0, 0.05) is 0 Å². The second kappa shape index (κ2) is 5.41. The van der Waals surface area contributed by atoms with Crippen LogP contribution in [0.5, 0.6) is 11.5 Å². The normalized spacial score (nSPS) is 21.9. The van der Waals surface area contributed by atoms with Gasteiger partial charge in [-0.05, 0) is 37.0 Å². The van der Waals surface area contributed by atoms with E-state index in [2.05, 4.69) is 4.99 Å². The van der Waals surface area contributed by atoms with Crippen molar-refractivity contribution in [2.75, 3.05) is 18.6 Å². The third-order valence-corrected chi connectivity index (χ3v) is 6.07. The second-order valence-electron chi connectivity index (χ2n) is 5.77. The second-order valence-corrected chi connectivity index (χ2v) is 7.92. The average molecular weight is 323 g/mol. The third kappa shape index (κ3) is 2.62. The molecule has 0 radical (unpaired) electrons. The van der Waals surface area contributed by atoms with Gasteiger partial charge in [-0.25, -0.2) is 13.2 Å². The third-order valence-electron chi connectivity index (χ3n) is 4.31. The first-order valence-corrected chi connectivity index (χ1v) is 8.95. The molecule has 0 aromatic heterocycles. The van der Waals surface area contributed by atoms with Crippen molar-refractivity contribution in [3.8, 4) is 11.5 Å². The Balaban J connectivity index is 1.88. The SMILES string of the molecule is COc1ccc(C2(N=C=O)CCC2)cc1OC1CS(=O)(=O)C1. The zero-order valence-corrected chi connectivity index (χ0v) is 13.1. The van der Waals surface area contributed by atoms with Gasteiger partial charge in [0.1, 0.15) is 6.10 Å². The van der Waals surface area contributed by atoms with E-state index >= 15 is 0 Å². The fourth-order valence-electron chi connectivity index (χ4n) is 2.89. The van der Waals surface area contributed by atoms with Crippen LogP contribution in [-0.2, 0) is 20.2 Å². The van der Waals surface area contributed by atoms with Crippen LogP contribution in [0, 0.1) is 0 Å². The van der Waals surface area contributed by atoms with Crippen LogP contribution < -0.4 is 9.47 Å². The summed E-state index contributed by atoms with van der Waals surface area (Å²) in [6.07, 6.45) is 3.91. The van der Waals surface area contributed by atoms with E-state index in [9.17, 15) is 13.2 Å². The minimum absolute atomic E-state index is 0.0258. The molecule has 2 fully saturated rings. The number of benzene rings is 1. The number of rotatable bonds is 5. The van der Waals surface area contributed by atoms with Crippen LogP contribution in [0.2, 0.25) is 0 Å². The lowest BCUT2D eigenvalue weighted by Gasteiger charge is -2.37. The van der Waals surface area contributed by atoms with Crippen LogP contribution in [0.15, 0.2) is 23.2 Å². The zero-order valence-electron chi connectivity index (χ0n) is 12.2. The maximum atomic E-state index is 11.2. The molecule has 22 heavy (non-hydrogen) atoms. The van der Waals surface area contributed by atoms with Crippen LogP contribution in [0.1, 0.15) is 24.8 Å². The molecule has 0 unspecified atom stereocenters. The van der Waals surface area contributed by atoms with Crippen molar-refractivity contribution in [2.24, 2.45) is 4.99 Å². The smallest absolute Gasteiger partial charge is 0.235 e. The number of isocyanates is 1. The summed E-state index contributed by atoms with van der Waals surface area (Å²) in [5, 5.41) is 0. The molecule has 0 atom stereocenters. The minimum Gasteiger partial charge on any atom is -0.493 e. The van der Waals surface area contributed by atoms with Crippen molar-refractivity contribution >= 4 is 15.9 Å². The van der Waals surface area contributed by atoms with Crippen LogP contribution in [0.4, 0.5) is 0 Å². The van der Waals surface area contributed by atoms with Gasteiger partial charge in [0.2, 0.25) is 6.08 Å². The van der Waals surface area contributed by atoms with Crippen molar-refractivity contribution in [1.29, 1.82) is 0 Å². The number of ether oxygens (including phenoxy) is 2. The Labute approximate surface area is 129 Å². The molecule has 1 aromatic rings. The summed E-state index contributed by atoms with van der Waals surface area (Å²) in [5.74, 6) is 1.08. The van der Waals surface area contributed by atoms with Gasteiger partial charge in [-0.1, -0.05) is 6.07 Å². The molecule has 1 saturated heterocycles. The molecule has 1 aliphatic heterocycles. The van der Waals surface area contributed by atoms with E-state index in [1.54, 1.807) is 18.2 Å². The molecule has 1 aromatic carbocycles. The summed E-state index contributed by atoms with van der Waals surface area (Å²) < 4.78 is 33.5. The molecule has 1 aliphatic carbocycles. The molecule has 2 aliphatic rings. The monoisotopic (exact) mass is 323 g/mol. The zero-order chi connectivity index (χ0) is 15.8. The van der Waals surface area contributed by atoms with E-state index in [1.807, 2.05) is 6.07 Å². The number of hydrogen-bond donors (Lipinski definition) is 0. The Morgan fingerprint density at radius 2 is 2.00 bits per heavy atom. The van der Waals surface area contributed by atoms with E-state index in [0.29, 0.717) is 11.5 Å². The van der Waals surface area contributed by atoms with Crippen LogP contribution in [-0.4, -0.2) is 39.2 Å². The standard InChI is InChI=1S/C15H17NO5S/c1-20-13-4-3-11(15(16-10-17)5-2-6-15)7-14(13)21-12-8-22(18,19)9-12/h3-4,7,12H,2,5-6,8-9H2,1H3. The van der Waals surface area contributed by atoms with E-state index in [4.69, 9.17) is 9.47 Å². The highest BCUT2D eigenvalue weighted by atomic mass is 32.2. The van der Waals surface area contributed by atoms with E-state index in [0.717, 1.165) is 24.8 Å². The Bertz CT molecular complexity index is 720. The molecular weight excluding hydrogens is 306 g/mol. The summed E-state index contributed by atoms with van der Waals surface area (Å²) in [6, 6.07) is 5.42. The van der Waals surface area contributed by atoms with Crippen molar-refractivity contribution in [3.63, 3.8) is 0 Å². The molecular formula is C15H17NO5S. The largest absolute Gasteiger partial charge is 0.493 e. The Kier molecular flexibility index (Phi) is 3.70. The molecule has 0 amide bonds. The van der Waals surface area contributed by atoms with Gasteiger partial charge in [0.25, 0.3) is 0 Å². The van der Waals surface area contributed by atoms with E-state index in [-0.39, 0.29) is 17.6 Å². The summed E-state index contributed by atoms with van der Waals surface area (Å²) in [5.41, 5.74) is 0.359. The average Bonchev–Trinajstić information content (AvgIpc) is 2.41. The number of hydrogen-bond acceptors (Lipinski definition) is 6. The fraction of sp³-hybridized carbons (Fsp3) is 0.533. The van der Waals surface area contributed by atoms with Crippen molar-refractivity contribution in [3.05, 3.63) is 23.8 Å². The Hall–Kier alpha value is -1.85. The number of methoxy groups -OCH3 is 1. The fourth-order valence-corrected chi connectivity index (χ4v) is 4.06. The molecule has 0 spiro atoms. The predicted octanol–water partition coefficient (Wildman–Crippen LogP) is 1.59. The maximum Gasteiger partial charge on any atom is 0.235 e. The molecule has 3 rings (SSSR count). The van der Waals surface area contributed by atoms with Crippen molar-refractivity contribution in [2.45, 2.75) is 30.9 Å². The Morgan fingerprint density at radius 3 is 2.50 bits per heavy atom. The first-order chi connectivity index (χ1) is 10.5. The molecule has 0 bridgehead atoms. The predicted molar refractivity (Wildman–Crippen MR) is 79.7 cm³/mol. The molecule has 0 N–H and O–H groups in total. The maximum absolute atomic E-state index is 11.2.